The topological polar surface area (TPSA) is 77.0 Å². The molecule has 4 rings (SSSR count). The third kappa shape index (κ3) is 6.32. The van der Waals surface area contributed by atoms with E-state index in [0.29, 0.717) is 36.7 Å². The van der Waals surface area contributed by atoms with Crippen LogP contribution >= 0.6 is 24.0 Å². The molecule has 8 heteroatoms. The molecule has 0 aliphatic carbocycles. The number of rotatable bonds is 8. The maximum atomic E-state index is 12.5. The van der Waals surface area contributed by atoms with Crippen LogP contribution in [0.25, 0.3) is 0 Å². The average Bonchev–Trinajstić information content (AvgIpc) is 3.41. The summed E-state index contributed by atoms with van der Waals surface area (Å²) in [4.78, 5) is 33.4. The molecular weight excluding hydrogens is 529 g/mol. The fourth-order valence-electron chi connectivity index (χ4n) is 4.19. The van der Waals surface area contributed by atoms with Crippen LogP contribution in [0.2, 0.25) is 0 Å². The number of carbonyl (C=O) groups excluding carboxylic acids is 2. The van der Waals surface area contributed by atoms with Crippen molar-refractivity contribution >= 4 is 41.8 Å². The normalized spacial score (nSPS) is 16.0. The lowest BCUT2D eigenvalue weighted by Gasteiger charge is -2.16. The van der Waals surface area contributed by atoms with Gasteiger partial charge in [-0.05, 0) is 56.1 Å². The van der Waals surface area contributed by atoms with Gasteiger partial charge in [-0.25, -0.2) is 4.99 Å². The molecule has 0 radical (unpaired) electrons. The van der Waals surface area contributed by atoms with Gasteiger partial charge in [0.15, 0.2) is 5.96 Å². The molecule has 0 aromatic heterocycles. The third-order valence-corrected chi connectivity index (χ3v) is 5.90. The van der Waals surface area contributed by atoms with E-state index in [1.165, 1.54) is 36.4 Å². The second kappa shape index (κ2) is 12.1. The minimum Gasteiger partial charge on any atom is -0.357 e. The number of amides is 2. The fraction of sp³-hybridized carbons (Fsp3) is 0.400. The van der Waals surface area contributed by atoms with Gasteiger partial charge in [-0.2, -0.15) is 0 Å². The van der Waals surface area contributed by atoms with Crippen molar-refractivity contribution in [3.63, 3.8) is 0 Å². The summed E-state index contributed by atoms with van der Waals surface area (Å²) < 4.78 is 0. The Morgan fingerprint density at radius 3 is 2.12 bits per heavy atom. The second-order valence-corrected chi connectivity index (χ2v) is 8.23. The monoisotopic (exact) mass is 561 g/mol. The number of nitrogens with zero attached hydrogens (tertiary/aromatic N) is 3. The van der Waals surface area contributed by atoms with Crippen molar-refractivity contribution < 1.29 is 9.59 Å². The minimum absolute atomic E-state index is 0. The zero-order valence-corrected chi connectivity index (χ0v) is 21.4. The van der Waals surface area contributed by atoms with Crippen LogP contribution in [0.3, 0.4) is 0 Å². The Morgan fingerprint density at radius 1 is 0.909 bits per heavy atom. The molecule has 176 valence electrons. The van der Waals surface area contributed by atoms with Gasteiger partial charge in [0.25, 0.3) is 11.8 Å². The maximum absolute atomic E-state index is 12.5. The number of hydrogen-bond donors (Lipinski definition) is 2. The summed E-state index contributed by atoms with van der Waals surface area (Å²) in [5.41, 5.74) is 3.44. The van der Waals surface area contributed by atoms with Crippen molar-refractivity contribution in [2.45, 2.75) is 32.9 Å². The van der Waals surface area contributed by atoms with Gasteiger partial charge in [0.2, 0.25) is 0 Å². The molecule has 0 unspecified atom stereocenters. The average molecular weight is 561 g/mol. The number of likely N-dealkylation sites (tertiary alicyclic amines) is 1. The number of halogens is 1. The largest absolute Gasteiger partial charge is 0.357 e. The standard InChI is InChI=1S/C25H31N5O2.HI/c1-2-26-25(27-13-16-30-23(31)21-7-3-4-8-22(21)24(30)32)28-17-19-9-11-20(12-10-19)18-29-14-5-6-15-29;/h3-4,7-12H,2,5-6,13-18H2,1H3,(H2,26,27,28);1H. The first-order valence-electron chi connectivity index (χ1n) is 11.4. The Labute approximate surface area is 212 Å². The van der Waals surface area contributed by atoms with Gasteiger partial charge in [-0.1, -0.05) is 36.4 Å². The molecule has 1 fully saturated rings. The van der Waals surface area contributed by atoms with Crippen LogP contribution in [0.1, 0.15) is 51.6 Å². The zero-order chi connectivity index (χ0) is 22.3. The van der Waals surface area contributed by atoms with Crippen LogP contribution in [0.15, 0.2) is 53.5 Å². The van der Waals surface area contributed by atoms with Crippen molar-refractivity contribution in [2.24, 2.45) is 4.99 Å². The number of hydrogen-bond acceptors (Lipinski definition) is 4. The summed E-state index contributed by atoms with van der Waals surface area (Å²) in [5.74, 6) is 0.206. The summed E-state index contributed by atoms with van der Waals surface area (Å²) in [5, 5.41) is 6.45. The molecular formula is C25H32IN5O2. The zero-order valence-electron chi connectivity index (χ0n) is 19.0. The van der Waals surface area contributed by atoms with Crippen LogP contribution in [0.4, 0.5) is 0 Å². The summed E-state index contributed by atoms with van der Waals surface area (Å²) >= 11 is 0. The lowest BCUT2D eigenvalue weighted by molar-refractivity contribution is 0.0657. The highest BCUT2D eigenvalue weighted by Gasteiger charge is 2.34. The molecule has 2 heterocycles. The molecule has 0 atom stereocenters. The molecule has 7 nitrogen and oxygen atoms in total. The number of aliphatic imine (C=N–C) groups is 1. The minimum atomic E-state index is -0.233. The lowest BCUT2D eigenvalue weighted by Crippen LogP contribution is -2.43. The fourth-order valence-corrected chi connectivity index (χ4v) is 4.19. The molecule has 0 bridgehead atoms. The van der Waals surface area contributed by atoms with Gasteiger partial charge in [0.1, 0.15) is 0 Å². The van der Waals surface area contributed by atoms with E-state index in [2.05, 4.69) is 44.8 Å². The molecule has 2 amide bonds. The SMILES string of the molecule is CCNC(=NCc1ccc(CN2CCCC2)cc1)NCCN1C(=O)c2ccccc2C1=O.I. The predicted molar refractivity (Wildman–Crippen MR) is 141 cm³/mol. The van der Waals surface area contributed by atoms with E-state index in [0.717, 1.165) is 18.7 Å². The highest BCUT2D eigenvalue weighted by Crippen LogP contribution is 2.21. The Morgan fingerprint density at radius 2 is 1.52 bits per heavy atom. The van der Waals surface area contributed by atoms with E-state index in [1.807, 2.05) is 6.92 Å². The second-order valence-electron chi connectivity index (χ2n) is 8.23. The first-order valence-corrected chi connectivity index (χ1v) is 11.4. The van der Waals surface area contributed by atoms with E-state index < -0.39 is 0 Å². The van der Waals surface area contributed by atoms with Crippen molar-refractivity contribution in [3.8, 4) is 0 Å². The Hall–Kier alpha value is -2.46. The molecule has 1 saturated heterocycles. The van der Waals surface area contributed by atoms with Crippen LogP contribution in [0.5, 0.6) is 0 Å². The molecule has 2 aromatic carbocycles. The van der Waals surface area contributed by atoms with Gasteiger partial charge < -0.3 is 10.6 Å². The van der Waals surface area contributed by atoms with E-state index in [9.17, 15) is 9.59 Å². The smallest absolute Gasteiger partial charge is 0.261 e. The maximum Gasteiger partial charge on any atom is 0.261 e. The predicted octanol–water partition coefficient (Wildman–Crippen LogP) is 3.25. The number of fused-ring (bicyclic) bond motifs is 1. The molecule has 2 aliphatic heterocycles. The number of imide groups is 1. The van der Waals surface area contributed by atoms with Crippen LogP contribution < -0.4 is 10.6 Å². The number of benzene rings is 2. The Balaban J connectivity index is 0.00000306. The van der Waals surface area contributed by atoms with Gasteiger partial charge in [0.05, 0.1) is 17.7 Å². The number of guanidine groups is 1. The van der Waals surface area contributed by atoms with E-state index in [1.54, 1.807) is 24.3 Å². The first-order chi connectivity index (χ1) is 15.7. The molecule has 0 spiro atoms. The molecule has 0 saturated carbocycles. The van der Waals surface area contributed by atoms with Gasteiger partial charge in [0, 0.05) is 26.2 Å². The first kappa shape index (κ1) is 25.2. The quantitative estimate of drug-likeness (QED) is 0.224. The van der Waals surface area contributed by atoms with Gasteiger partial charge in [-0.3, -0.25) is 19.4 Å². The van der Waals surface area contributed by atoms with Crippen LogP contribution in [0, 0.1) is 0 Å². The third-order valence-electron chi connectivity index (χ3n) is 5.90. The Bertz CT molecular complexity index is 952. The molecule has 2 aliphatic rings. The van der Waals surface area contributed by atoms with E-state index >= 15 is 0 Å². The van der Waals surface area contributed by atoms with Crippen molar-refractivity contribution in [1.29, 1.82) is 0 Å². The summed E-state index contributed by atoms with van der Waals surface area (Å²) in [7, 11) is 0. The molecule has 33 heavy (non-hydrogen) atoms. The van der Waals surface area contributed by atoms with Gasteiger partial charge in [-0.15, -0.1) is 24.0 Å². The summed E-state index contributed by atoms with van der Waals surface area (Å²) in [6.07, 6.45) is 2.61. The van der Waals surface area contributed by atoms with Crippen molar-refractivity contribution in [2.75, 3.05) is 32.7 Å². The van der Waals surface area contributed by atoms with Crippen molar-refractivity contribution in [1.82, 2.24) is 20.4 Å². The lowest BCUT2D eigenvalue weighted by atomic mass is 10.1. The molecule has 2 aromatic rings. The van der Waals surface area contributed by atoms with E-state index in [-0.39, 0.29) is 35.8 Å². The molecule has 2 N–H and O–H groups in total. The van der Waals surface area contributed by atoms with E-state index in [4.69, 9.17) is 0 Å². The van der Waals surface area contributed by atoms with Crippen LogP contribution in [-0.2, 0) is 13.1 Å². The number of carbonyl (C=O) groups is 2. The summed E-state index contributed by atoms with van der Waals surface area (Å²) in [6, 6.07) is 15.6. The highest BCUT2D eigenvalue weighted by molar-refractivity contribution is 14.0. The Kier molecular flexibility index (Phi) is 9.25. The van der Waals surface area contributed by atoms with Crippen LogP contribution in [-0.4, -0.2) is 60.3 Å². The summed E-state index contributed by atoms with van der Waals surface area (Å²) in [6.45, 7) is 7.45. The highest BCUT2D eigenvalue weighted by atomic mass is 127. The number of nitrogens with one attached hydrogen (secondary N) is 2. The van der Waals surface area contributed by atoms with Crippen molar-refractivity contribution in [3.05, 3.63) is 70.8 Å². The van der Waals surface area contributed by atoms with Gasteiger partial charge >= 0.3 is 0 Å².